The van der Waals surface area contributed by atoms with E-state index in [2.05, 4.69) is 34.5 Å². The summed E-state index contributed by atoms with van der Waals surface area (Å²) in [5, 5.41) is 3.23. The van der Waals surface area contributed by atoms with Crippen LogP contribution in [0.4, 0.5) is 0 Å². The van der Waals surface area contributed by atoms with Gasteiger partial charge in [0.05, 0.1) is 11.5 Å². The lowest BCUT2D eigenvalue weighted by molar-refractivity contribution is -0.130. The Morgan fingerprint density at radius 3 is 2.39 bits per heavy atom. The van der Waals surface area contributed by atoms with Gasteiger partial charge in [-0.1, -0.05) is 43.2 Å². The van der Waals surface area contributed by atoms with Gasteiger partial charge < -0.3 is 11.1 Å². The Bertz CT molecular complexity index is 505. The SMILES string of the molecule is NCC1(C(=O)NCC(c2ccccc2)N2CCCC2)CCCC1. The maximum Gasteiger partial charge on any atom is 0.227 e. The first-order valence-electron chi connectivity index (χ1n) is 9.02. The fraction of sp³-hybridized carbons (Fsp3) is 0.632. The Kier molecular flexibility index (Phi) is 5.34. The highest BCUT2D eigenvalue weighted by Crippen LogP contribution is 2.37. The van der Waals surface area contributed by atoms with E-state index >= 15 is 0 Å². The molecule has 23 heavy (non-hydrogen) atoms. The lowest BCUT2D eigenvalue weighted by atomic mass is 9.85. The molecule has 1 unspecified atom stereocenters. The van der Waals surface area contributed by atoms with Crippen LogP contribution in [0.2, 0.25) is 0 Å². The number of nitrogens with zero attached hydrogens (tertiary/aromatic N) is 1. The van der Waals surface area contributed by atoms with E-state index in [0.29, 0.717) is 13.1 Å². The molecule has 0 radical (unpaired) electrons. The molecule has 1 atom stereocenters. The van der Waals surface area contributed by atoms with Crippen LogP contribution in [0.15, 0.2) is 30.3 Å². The second kappa shape index (κ2) is 7.45. The summed E-state index contributed by atoms with van der Waals surface area (Å²) in [6.07, 6.45) is 6.63. The monoisotopic (exact) mass is 315 g/mol. The van der Waals surface area contributed by atoms with E-state index in [1.54, 1.807) is 0 Å². The predicted octanol–water partition coefficient (Wildman–Crippen LogP) is 2.46. The second-order valence-electron chi connectivity index (χ2n) is 7.07. The molecule has 3 rings (SSSR count). The molecule has 126 valence electrons. The van der Waals surface area contributed by atoms with Crippen molar-refractivity contribution in [1.29, 1.82) is 0 Å². The highest BCUT2D eigenvalue weighted by molar-refractivity contribution is 5.83. The van der Waals surface area contributed by atoms with Gasteiger partial charge in [-0.25, -0.2) is 0 Å². The number of likely N-dealkylation sites (tertiary alicyclic amines) is 1. The van der Waals surface area contributed by atoms with Crippen molar-refractivity contribution in [2.45, 2.75) is 44.6 Å². The van der Waals surface area contributed by atoms with E-state index in [-0.39, 0.29) is 17.4 Å². The molecule has 2 aliphatic rings. The zero-order valence-electron chi connectivity index (χ0n) is 14.0. The van der Waals surface area contributed by atoms with Gasteiger partial charge in [-0.15, -0.1) is 0 Å². The van der Waals surface area contributed by atoms with Crippen LogP contribution in [0.1, 0.15) is 50.1 Å². The van der Waals surface area contributed by atoms with Crippen molar-refractivity contribution in [3.05, 3.63) is 35.9 Å². The standard InChI is InChI=1S/C19H29N3O/c20-15-19(10-4-5-11-19)18(23)21-14-17(22-12-6-7-13-22)16-8-2-1-3-9-16/h1-3,8-9,17H,4-7,10-15,20H2,(H,21,23). The lowest BCUT2D eigenvalue weighted by Gasteiger charge is -2.31. The van der Waals surface area contributed by atoms with Crippen LogP contribution in [0.25, 0.3) is 0 Å². The van der Waals surface area contributed by atoms with Gasteiger partial charge in [0.2, 0.25) is 5.91 Å². The maximum absolute atomic E-state index is 12.7. The Labute approximate surface area is 139 Å². The van der Waals surface area contributed by atoms with Crippen LogP contribution in [-0.2, 0) is 4.79 Å². The fourth-order valence-electron chi connectivity index (χ4n) is 4.14. The van der Waals surface area contributed by atoms with Gasteiger partial charge >= 0.3 is 0 Å². The molecule has 4 nitrogen and oxygen atoms in total. The quantitative estimate of drug-likeness (QED) is 0.848. The van der Waals surface area contributed by atoms with Gasteiger partial charge in [-0.05, 0) is 44.3 Å². The van der Waals surface area contributed by atoms with Crippen LogP contribution in [0.5, 0.6) is 0 Å². The first-order chi connectivity index (χ1) is 11.2. The minimum Gasteiger partial charge on any atom is -0.354 e. The average molecular weight is 315 g/mol. The molecule has 0 bridgehead atoms. The topological polar surface area (TPSA) is 58.4 Å². The van der Waals surface area contributed by atoms with Gasteiger partial charge in [0.25, 0.3) is 0 Å². The largest absolute Gasteiger partial charge is 0.354 e. The Hall–Kier alpha value is -1.39. The third kappa shape index (κ3) is 3.59. The smallest absolute Gasteiger partial charge is 0.227 e. The highest BCUT2D eigenvalue weighted by atomic mass is 16.2. The Morgan fingerprint density at radius 2 is 1.78 bits per heavy atom. The minimum atomic E-state index is -0.313. The van der Waals surface area contributed by atoms with Gasteiger partial charge in [0.1, 0.15) is 0 Å². The molecule has 2 fully saturated rings. The number of nitrogens with one attached hydrogen (secondary N) is 1. The summed E-state index contributed by atoms with van der Waals surface area (Å²) < 4.78 is 0. The van der Waals surface area contributed by atoms with E-state index in [0.717, 1.165) is 38.8 Å². The van der Waals surface area contributed by atoms with Crippen molar-refractivity contribution < 1.29 is 4.79 Å². The number of carbonyl (C=O) groups excluding carboxylic acids is 1. The second-order valence-corrected chi connectivity index (χ2v) is 7.07. The first-order valence-corrected chi connectivity index (χ1v) is 9.02. The molecule has 0 spiro atoms. The van der Waals surface area contributed by atoms with E-state index in [1.807, 2.05) is 6.07 Å². The van der Waals surface area contributed by atoms with Gasteiger partial charge in [0, 0.05) is 13.1 Å². The summed E-state index contributed by atoms with van der Waals surface area (Å²) in [6.45, 7) is 3.40. The lowest BCUT2D eigenvalue weighted by Crippen LogP contribution is -2.46. The Morgan fingerprint density at radius 1 is 1.13 bits per heavy atom. The molecule has 1 aliphatic heterocycles. The number of nitrogens with two attached hydrogens (primary N) is 1. The molecule has 1 aliphatic carbocycles. The number of hydrogen-bond donors (Lipinski definition) is 2. The van der Waals surface area contributed by atoms with Gasteiger partial charge in [0.15, 0.2) is 0 Å². The minimum absolute atomic E-state index is 0.164. The molecule has 3 N–H and O–H groups in total. The molecular formula is C19H29N3O. The van der Waals surface area contributed by atoms with Crippen LogP contribution in [-0.4, -0.2) is 37.0 Å². The number of carbonyl (C=O) groups is 1. The number of amides is 1. The average Bonchev–Trinajstić information content (AvgIpc) is 3.28. The van der Waals surface area contributed by atoms with Crippen LogP contribution in [0, 0.1) is 5.41 Å². The summed E-state index contributed by atoms with van der Waals surface area (Å²) in [5.41, 5.74) is 6.92. The molecule has 1 saturated heterocycles. The number of benzene rings is 1. The summed E-state index contributed by atoms with van der Waals surface area (Å²) in [7, 11) is 0. The van der Waals surface area contributed by atoms with Crippen molar-refractivity contribution >= 4 is 5.91 Å². The van der Waals surface area contributed by atoms with E-state index in [4.69, 9.17) is 5.73 Å². The number of rotatable bonds is 6. The molecule has 4 heteroatoms. The molecule has 1 heterocycles. The summed E-state index contributed by atoms with van der Waals surface area (Å²) in [6, 6.07) is 10.8. The van der Waals surface area contributed by atoms with E-state index in [9.17, 15) is 4.79 Å². The molecule has 1 aromatic carbocycles. The summed E-state index contributed by atoms with van der Waals surface area (Å²) in [4.78, 5) is 15.2. The molecular weight excluding hydrogens is 286 g/mol. The third-order valence-electron chi connectivity index (χ3n) is 5.65. The molecule has 1 saturated carbocycles. The van der Waals surface area contributed by atoms with Crippen molar-refractivity contribution in [1.82, 2.24) is 10.2 Å². The van der Waals surface area contributed by atoms with Crippen LogP contribution < -0.4 is 11.1 Å². The van der Waals surface area contributed by atoms with Crippen molar-refractivity contribution in [3.8, 4) is 0 Å². The predicted molar refractivity (Wildman–Crippen MR) is 93.0 cm³/mol. The Balaban J connectivity index is 1.68. The molecule has 1 amide bonds. The third-order valence-corrected chi connectivity index (χ3v) is 5.65. The zero-order chi connectivity index (χ0) is 16.1. The highest BCUT2D eigenvalue weighted by Gasteiger charge is 2.40. The van der Waals surface area contributed by atoms with Gasteiger partial charge in [-0.3, -0.25) is 9.69 Å². The van der Waals surface area contributed by atoms with Gasteiger partial charge in [-0.2, -0.15) is 0 Å². The van der Waals surface area contributed by atoms with E-state index in [1.165, 1.54) is 18.4 Å². The molecule has 1 aromatic rings. The fourth-order valence-corrected chi connectivity index (χ4v) is 4.14. The normalized spacial score (nSPS) is 22.1. The van der Waals surface area contributed by atoms with E-state index < -0.39 is 0 Å². The van der Waals surface area contributed by atoms with Crippen molar-refractivity contribution in [2.24, 2.45) is 11.1 Å². The first kappa shape index (κ1) is 16.5. The zero-order valence-corrected chi connectivity index (χ0v) is 14.0. The van der Waals surface area contributed by atoms with Crippen molar-refractivity contribution in [2.75, 3.05) is 26.2 Å². The number of hydrogen-bond acceptors (Lipinski definition) is 3. The van der Waals surface area contributed by atoms with Crippen molar-refractivity contribution in [3.63, 3.8) is 0 Å². The van der Waals surface area contributed by atoms with Crippen LogP contribution in [0.3, 0.4) is 0 Å². The van der Waals surface area contributed by atoms with Crippen LogP contribution >= 0.6 is 0 Å². The summed E-state index contributed by atoms with van der Waals surface area (Å²) >= 11 is 0. The summed E-state index contributed by atoms with van der Waals surface area (Å²) in [5.74, 6) is 0.164. The maximum atomic E-state index is 12.7. The molecule has 0 aromatic heterocycles.